The minimum Gasteiger partial charge on any atom is -0.421 e. The lowest BCUT2D eigenvalue weighted by Gasteiger charge is -2.35. The fourth-order valence-corrected chi connectivity index (χ4v) is 3.56. The van der Waals surface area contributed by atoms with Crippen LogP contribution < -0.4 is 5.32 Å². The van der Waals surface area contributed by atoms with Gasteiger partial charge in [-0.05, 0) is 50.8 Å². The summed E-state index contributed by atoms with van der Waals surface area (Å²) in [4.78, 5) is 14.6. The number of carbonyl (C=O) groups excluding carboxylic acids is 1. The lowest BCUT2D eigenvalue weighted by atomic mass is 9.99. The number of amides is 1. The van der Waals surface area contributed by atoms with E-state index in [2.05, 4.69) is 34.3 Å². The molecule has 0 saturated carbocycles. The van der Waals surface area contributed by atoms with E-state index >= 15 is 0 Å². The van der Waals surface area contributed by atoms with Crippen molar-refractivity contribution in [2.45, 2.75) is 52.0 Å². The number of piperidine rings is 1. The zero-order valence-corrected chi connectivity index (χ0v) is 16.4. The van der Waals surface area contributed by atoms with Crippen molar-refractivity contribution in [1.82, 2.24) is 20.4 Å². The van der Waals surface area contributed by atoms with Crippen molar-refractivity contribution in [3.8, 4) is 11.5 Å². The van der Waals surface area contributed by atoms with Crippen LogP contribution >= 0.6 is 0 Å². The van der Waals surface area contributed by atoms with Crippen LogP contribution in [0.1, 0.15) is 45.4 Å². The molecule has 146 valence electrons. The number of carbonyl (C=O) groups is 1. The predicted octanol–water partition coefficient (Wildman–Crippen LogP) is 3.30. The van der Waals surface area contributed by atoms with Gasteiger partial charge in [-0.3, -0.25) is 9.69 Å². The van der Waals surface area contributed by atoms with E-state index in [1.807, 2.05) is 30.3 Å². The Bertz CT molecular complexity index is 716. The van der Waals surface area contributed by atoms with Crippen LogP contribution in [0.5, 0.6) is 0 Å². The van der Waals surface area contributed by atoms with Crippen molar-refractivity contribution in [3.05, 3.63) is 36.2 Å². The van der Waals surface area contributed by atoms with Gasteiger partial charge < -0.3 is 9.73 Å². The van der Waals surface area contributed by atoms with Gasteiger partial charge in [-0.2, -0.15) is 0 Å². The van der Waals surface area contributed by atoms with E-state index in [0.29, 0.717) is 43.6 Å². The summed E-state index contributed by atoms with van der Waals surface area (Å²) in [5.41, 5.74) is 0.912. The van der Waals surface area contributed by atoms with Crippen LogP contribution in [-0.4, -0.2) is 46.7 Å². The molecule has 27 heavy (non-hydrogen) atoms. The van der Waals surface area contributed by atoms with Gasteiger partial charge in [0.15, 0.2) is 0 Å². The van der Waals surface area contributed by atoms with E-state index in [0.717, 1.165) is 24.6 Å². The average Bonchev–Trinajstić information content (AvgIpc) is 3.16. The number of hydrogen-bond acceptors (Lipinski definition) is 5. The number of benzene rings is 1. The number of hydrogen-bond donors (Lipinski definition) is 1. The molecule has 6 nitrogen and oxygen atoms in total. The minimum absolute atomic E-state index is 0.0923. The highest BCUT2D eigenvalue weighted by Gasteiger charge is 2.21. The molecule has 1 fully saturated rings. The molecule has 1 aromatic heterocycles. The monoisotopic (exact) mass is 370 g/mol. The molecular weight excluding hydrogens is 340 g/mol. The van der Waals surface area contributed by atoms with E-state index < -0.39 is 0 Å². The van der Waals surface area contributed by atoms with Gasteiger partial charge in [0, 0.05) is 37.5 Å². The van der Waals surface area contributed by atoms with E-state index in [4.69, 9.17) is 4.42 Å². The quantitative estimate of drug-likeness (QED) is 0.772. The molecule has 1 aliphatic rings. The second kappa shape index (κ2) is 9.65. The Morgan fingerprint density at radius 3 is 2.93 bits per heavy atom. The van der Waals surface area contributed by atoms with Crippen LogP contribution in [0, 0.1) is 5.92 Å². The molecule has 0 aliphatic carbocycles. The number of rotatable bonds is 8. The third-order valence-electron chi connectivity index (χ3n) is 5.19. The first kappa shape index (κ1) is 19.5. The standard InChI is InChI=1S/C21H30N4O2/c1-16-8-7-13-25(15-16)17(2)14-22-19(26)11-6-12-20-23-24-21(27-20)18-9-4-3-5-10-18/h3-5,9-10,16-17H,6-8,11-15H2,1-2H3,(H,22,26). The van der Waals surface area contributed by atoms with Gasteiger partial charge in [-0.25, -0.2) is 0 Å². The number of likely N-dealkylation sites (tertiary alicyclic amines) is 1. The Morgan fingerprint density at radius 2 is 2.15 bits per heavy atom. The van der Waals surface area contributed by atoms with Crippen LogP contribution in [0.2, 0.25) is 0 Å². The summed E-state index contributed by atoms with van der Waals surface area (Å²) in [5, 5.41) is 11.2. The Hall–Kier alpha value is -2.21. The molecule has 1 aromatic carbocycles. The Kier molecular flexibility index (Phi) is 6.98. The molecule has 1 aliphatic heterocycles. The number of aryl methyl sites for hydroxylation is 1. The van der Waals surface area contributed by atoms with Crippen LogP contribution in [-0.2, 0) is 11.2 Å². The van der Waals surface area contributed by atoms with Gasteiger partial charge in [-0.15, -0.1) is 10.2 Å². The summed E-state index contributed by atoms with van der Waals surface area (Å²) >= 11 is 0. The smallest absolute Gasteiger partial charge is 0.247 e. The van der Waals surface area contributed by atoms with Gasteiger partial charge in [0.1, 0.15) is 0 Å². The molecule has 1 N–H and O–H groups in total. The molecule has 3 rings (SSSR count). The highest BCUT2D eigenvalue weighted by molar-refractivity contribution is 5.75. The molecule has 0 spiro atoms. The first-order valence-corrected chi connectivity index (χ1v) is 10.0. The highest BCUT2D eigenvalue weighted by atomic mass is 16.4. The fourth-order valence-electron chi connectivity index (χ4n) is 3.56. The fraction of sp³-hybridized carbons (Fsp3) is 0.571. The van der Waals surface area contributed by atoms with E-state index in [1.165, 1.54) is 12.8 Å². The van der Waals surface area contributed by atoms with Crippen molar-refractivity contribution >= 4 is 5.91 Å². The molecule has 2 unspecified atom stereocenters. The summed E-state index contributed by atoms with van der Waals surface area (Å²) in [7, 11) is 0. The predicted molar refractivity (Wildman–Crippen MR) is 105 cm³/mol. The normalized spacial score (nSPS) is 19.0. The maximum absolute atomic E-state index is 12.1. The van der Waals surface area contributed by atoms with E-state index in [-0.39, 0.29) is 5.91 Å². The molecule has 2 heterocycles. The number of nitrogens with one attached hydrogen (secondary N) is 1. The molecule has 0 radical (unpaired) electrons. The van der Waals surface area contributed by atoms with E-state index in [9.17, 15) is 4.79 Å². The van der Waals surface area contributed by atoms with Crippen LogP contribution in [0.4, 0.5) is 0 Å². The summed E-state index contributed by atoms with van der Waals surface area (Å²) in [6.45, 7) is 7.49. The first-order valence-electron chi connectivity index (χ1n) is 10.0. The summed E-state index contributed by atoms with van der Waals surface area (Å²) in [6.07, 6.45) is 4.38. The molecule has 1 saturated heterocycles. The maximum Gasteiger partial charge on any atom is 0.247 e. The Morgan fingerprint density at radius 1 is 1.33 bits per heavy atom. The second-order valence-electron chi connectivity index (χ2n) is 7.62. The molecular formula is C21H30N4O2. The topological polar surface area (TPSA) is 71.3 Å². The lowest BCUT2D eigenvalue weighted by Crippen LogP contribution is -2.46. The number of aromatic nitrogens is 2. The maximum atomic E-state index is 12.1. The Labute approximate surface area is 161 Å². The van der Waals surface area contributed by atoms with Gasteiger partial charge in [-0.1, -0.05) is 25.1 Å². The van der Waals surface area contributed by atoms with Crippen molar-refractivity contribution in [1.29, 1.82) is 0 Å². The van der Waals surface area contributed by atoms with Crippen molar-refractivity contribution in [3.63, 3.8) is 0 Å². The summed E-state index contributed by atoms with van der Waals surface area (Å²) in [5.74, 6) is 1.96. The second-order valence-corrected chi connectivity index (χ2v) is 7.62. The highest BCUT2D eigenvalue weighted by Crippen LogP contribution is 2.18. The van der Waals surface area contributed by atoms with Crippen molar-refractivity contribution in [2.24, 2.45) is 5.92 Å². The minimum atomic E-state index is 0.0923. The summed E-state index contributed by atoms with van der Waals surface area (Å²) in [6, 6.07) is 10.1. The molecule has 1 amide bonds. The van der Waals surface area contributed by atoms with Crippen molar-refractivity contribution in [2.75, 3.05) is 19.6 Å². The van der Waals surface area contributed by atoms with E-state index in [1.54, 1.807) is 0 Å². The van der Waals surface area contributed by atoms with Crippen LogP contribution in [0.25, 0.3) is 11.5 Å². The third-order valence-corrected chi connectivity index (χ3v) is 5.19. The van der Waals surface area contributed by atoms with Crippen molar-refractivity contribution < 1.29 is 9.21 Å². The molecule has 6 heteroatoms. The zero-order valence-electron chi connectivity index (χ0n) is 16.4. The van der Waals surface area contributed by atoms with Gasteiger partial charge in [0.2, 0.25) is 17.7 Å². The molecule has 0 bridgehead atoms. The van der Waals surface area contributed by atoms with Crippen LogP contribution in [0.15, 0.2) is 34.7 Å². The first-order chi connectivity index (χ1) is 13.1. The van der Waals surface area contributed by atoms with Gasteiger partial charge in [0.05, 0.1) is 0 Å². The van der Waals surface area contributed by atoms with Crippen LogP contribution in [0.3, 0.4) is 0 Å². The lowest BCUT2D eigenvalue weighted by molar-refractivity contribution is -0.121. The SMILES string of the molecule is CC1CCCN(C(C)CNC(=O)CCCc2nnc(-c3ccccc3)o2)C1. The van der Waals surface area contributed by atoms with Gasteiger partial charge >= 0.3 is 0 Å². The molecule has 2 atom stereocenters. The Balaban J connectivity index is 1.35. The zero-order chi connectivity index (χ0) is 19.1. The average molecular weight is 370 g/mol. The third kappa shape index (κ3) is 5.89. The molecule has 2 aromatic rings. The number of nitrogens with zero attached hydrogens (tertiary/aromatic N) is 3. The van der Waals surface area contributed by atoms with Gasteiger partial charge in [0.25, 0.3) is 0 Å². The summed E-state index contributed by atoms with van der Waals surface area (Å²) < 4.78 is 5.68. The largest absolute Gasteiger partial charge is 0.421 e.